The van der Waals surface area contributed by atoms with Gasteiger partial charge in [-0.2, -0.15) is 0 Å². The van der Waals surface area contributed by atoms with Gasteiger partial charge in [-0.15, -0.1) is 0 Å². The van der Waals surface area contributed by atoms with Crippen LogP contribution in [-0.2, 0) is 0 Å². The molecule has 0 bridgehead atoms. The van der Waals surface area contributed by atoms with E-state index in [0.29, 0.717) is 0 Å². The van der Waals surface area contributed by atoms with Crippen LogP contribution in [0.1, 0.15) is 41.0 Å². The smallest absolute Gasteiger partial charge is 0.0124 e. The predicted octanol–water partition coefficient (Wildman–Crippen LogP) is 2.91. The van der Waals surface area contributed by atoms with Crippen LogP contribution in [-0.4, -0.2) is 12.6 Å². The summed E-state index contributed by atoms with van der Waals surface area (Å²) >= 11 is 0. The maximum absolute atomic E-state index is 3.69. The van der Waals surface area contributed by atoms with Gasteiger partial charge < -0.3 is 5.32 Å². The molecule has 1 heterocycles. The van der Waals surface area contributed by atoms with Crippen molar-refractivity contribution < 1.29 is 0 Å². The van der Waals surface area contributed by atoms with Crippen molar-refractivity contribution in [2.75, 3.05) is 6.54 Å². The van der Waals surface area contributed by atoms with Gasteiger partial charge in [-0.25, -0.2) is 0 Å². The summed E-state index contributed by atoms with van der Waals surface area (Å²) in [6, 6.07) is 0.755. The summed E-state index contributed by atoms with van der Waals surface area (Å²) in [5.41, 5.74) is 0. The first-order valence-electron chi connectivity index (χ1n) is 5.81. The molecule has 13 heavy (non-hydrogen) atoms. The first kappa shape index (κ1) is 11.0. The van der Waals surface area contributed by atoms with E-state index in [9.17, 15) is 0 Å². The molecule has 0 radical (unpaired) electrons. The molecule has 0 aromatic heterocycles. The normalized spacial score (nSPS) is 34.8. The highest BCUT2D eigenvalue weighted by atomic mass is 15.0. The van der Waals surface area contributed by atoms with Crippen LogP contribution in [0.4, 0.5) is 0 Å². The zero-order chi connectivity index (χ0) is 10.0. The van der Waals surface area contributed by atoms with Gasteiger partial charge in [0, 0.05) is 6.04 Å². The van der Waals surface area contributed by atoms with Crippen molar-refractivity contribution in [1.29, 1.82) is 0 Å². The van der Waals surface area contributed by atoms with E-state index < -0.39 is 0 Å². The standard InChI is InChI=1S/C12H25N/c1-6-10-7-13-12(9(4)5)11(10)8(2)3/h8-13H,6-7H2,1-5H3. The molecule has 0 aliphatic carbocycles. The number of nitrogens with one attached hydrogen (secondary N) is 1. The fourth-order valence-electron chi connectivity index (χ4n) is 2.91. The Balaban J connectivity index is 2.67. The molecule has 1 aliphatic heterocycles. The maximum atomic E-state index is 3.69. The van der Waals surface area contributed by atoms with Crippen LogP contribution < -0.4 is 5.32 Å². The molecule has 1 aliphatic rings. The average molecular weight is 183 g/mol. The van der Waals surface area contributed by atoms with E-state index in [1.54, 1.807) is 0 Å². The first-order valence-corrected chi connectivity index (χ1v) is 5.81. The van der Waals surface area contributed by atoms with Crippen molar-refractivity contribution in [2.45, 2.75) is 47.1 Å². The minimum absolute atomic E-state index is 0.755. The molecule has 1 saturated heterocycles. The third kappa shape index (κ3) is 2.25. The largest absolute Gasteiger partial charge is 0.313 e. The number of hydrogen-bond donors (Lipinski definition) is 1. The van der Waals surface area contributed by atoms with Crippen LogP contribution in [0.2, 0.25) is 0 Å². The fourth-order valence-corrected chi connectivity index (χ4v) is 2.91. The average Bonchev–Trinajstić information content (AvgIpc) is 2.46. The summed E-state index contributed by atoms with van der Waals surface area (Å²) in [5.74, 6) is 3.41. The summed E-state index contributed by atoms with van der Waals surface area (Å²) in [7, 11) is 0. The van der Waals surface area contributed by atoms with Crippen molar-refractivity contribution >= 4 is 0 Å². The molecule has 0 saturated carbocycles. The molecule has 0 aromatic carbocycles. The van der Waals surface area contributed by atoms with Gasteiger partial charge in [0.05, 0.1) is 0 Å². The monoisotopic (exact) mass is 183 g/mol. The van der Waals surface area contributed by atoms with Crippen LogP contribution >= 0.6 is 0 Å². The van der Waals surface area contributed by atoms with Crippen LogP contribution in [0.25, 0.3) is 0 Å². The third-order valence-corrected chi connectivity index (χ3v) is 3.59. The highest BCUT2D eigenvalue weighted by Gasteiger charge is 2.37. The van der Waals surface area contributed by atoms with Crippen LogP contribution in [0, 0.1) is 23.7 Å². The van der Waals surface area contributed by atoms with Crippen molar-refractivity contribution in [3.63, 3.8) is 0 Å². The van der Waals surface area contributed by atoms with E-state index >= 15 is 0 Å². The van der Waals surface area contributed by atoms with E-state index in [1.807, 2.05) is 0 Å². The molecule has 1 fully saturated rings. The van der Waals surface area contributed by atoms with E-state index in [4.69, 9.17) is 0 Å². The molecular weight excluding hydrogens is 158 g/mol. The summed E-state index contributed by atoms with van der Waals surface area (Å²) < 4.78 is 0. The Morgan fingerprint density at radius 2 is 1.77 bits per heavy atom. The fraction of sp³-hybridized carbons (Fsp3) is 1.00. The molecule has 1 N–H and O–H groups in total. The molecule has 3 atom stereocenters. The summed E-state index contributed by atoms with van der Waals surface area (Å²) in [5, 5.41) is 3.69. The Labute approximate surface area is 83.3 Å². The summed E-state index contributed by atoms with van der Waals surface area (Å²) in [6.45, 7) is 13.0. The molecule has 0 spiro atoms. The zero-order valence-electron chi connectivity index (χ0n) is 9.80. The van der Waals surface area contributed by atoms with E-state index in [1.165, 1.54) is 13.0 Å². The van der Waals surface area contributed by atoms with Gasteiger partial charge in [0.25, 0.3) is 0 Å². The Kier molecular flexibility index (Phi) is 3.78. The summed E-state index contributed by atoms with van der Waals surface area (Å²) in [4.78, 5) is 0. The van der Waals surface area contributed by atoms with Crippen LogP contribution in [0.5, 0.6) is 0 Å². The summed E-state index contributed by atoms with van der Waals surface area (Å²) in [6.07, 6.45) is 1.33. The van der Waals surface area contributed by atoms with Gasteiger partial charge in [0.1, 0.15) is 0 Å². The molecule has 3 unspecified atom stereocenters. The van der Waals surface area contributed by atoms with E-state index in [0.717, 1.165) is 29.7 Å². The van der Waals surface area contributed by atoms with Crippen molar-refractivity contribution in [2.24, 2.45) is 23.7 Å². The molecule has 1 heteroatoms. The van der Waals surface area contributed by atoms with Gasteiger partial charge in [-0.3, -0.25) is 0 Å². The minimum atomic E-state index is 0.755. The lowest BCUT2D eigenvalue weighted by molar-refractivity contribution is 0.232. The highest BCUT2D eigenvalue weighted by molar-refractivity contribution is 4.92. The van der Waals surface area contributed by atoms with Crippen molar-refractivity contribution in [1.82, 2.24) is 5.32 Å². The second-order valence-corrected chi connectivity index (χ2v) is 5.17. The van der Waals surface area contributed by atoms with E-state index in [2.05, 4.69) is 39.9 Å². The maximum Gasteiger partial charge on any atom is 0.0124 e. The van der Waals surface area contributed by atoms with Crippen LogP contribution in [0.15, 0.2) is 0 Å². The lowest BCUT2D eigenvalue weighted by Gasteiger charge is -2.29. The molecule has 78 valence electrons. The van der Waals surface area contributed by atoms with Gasteiger partial charge >= 0.3 is 0 Å². The number of hydrogen-bond acceptors (Lipinski definition) is 1. The minimum Gasteiger partial charge on any atom is -0.313 e. The Morgan fingerprint density at radius 1 is 1.15 bits per heavy atom. The predicted molar refractivity (Wildman–Crippen MR) is 58.7 cm³/mol. The van der Waals surface area contributed by atoms with Crippen LogP contribution in [0.3, 0.4) is 0 Å². The Hall–Kier alpha value is -0.0400. The highest BCUT2D eigenvalue weighted by Crippen LogP contribution is 2.34. The topological polar surface area (TPSA) is 12.0 Å². The first-order chi connectivity index (χ1) is 6.07. The molecule has 1 rings (SSSR count). The zero-order valence-corrected chi connectivity index (χ0v) is 9.80. The number of rotatable bonds is 3. The lowest BCUT2D eigenvalue weighted by atomic mass is 9.77. The van der Waals surface area contributed by atoms with Gasteiger partial charge in [-0.05, 0) is 30.2 Å². The van der Waals surface area contributed by atoms with Crippen molar-refractivity contribution in [3.8, 4) is 0 Å². The quantitative estimate of drug-likeness (QED) is 0.709. The Bertz CT molecular complexity index is 151. The van der Waals surface area contributed by atoms with Gasteiger partial charge in [0.2, 0.25) is 0 Å². The second kappa shape index (κ2) is 4.45. The molecule has 0 amide bonds. The SMILES string of the molecule is CCC1CNC(C(C)C)C1C(C)C. The van der Waals surface area contributed by atoms with E-state index in [-0.39, 0.29) is 0 Å². The van der Waals surface area contributed by atoms with Crippen molar-refractivity contribution in [3.05, 3.63) is 0 Å². The second-order valence-electron chi connectivity index (χ2n) is 5.17. The molecular formula is C12H25N. The van der Waals surface area contributed by atoms with Gasteiger partial charge in [-0.1, -0.05) is 41.0 Å². The van der Waals surface area contributed by atoms with Gasteiger partial charge in [0.15, 0.2) is 0 Å². The molecule has 0 aromatic rings. The lowest BCUT2D eigenvalue weighted by Crippen LogP contribution is -2.35. The Morgan fingerprint density at radius 3 is 2.15 bits per heavy atom. The third-order valence-electron chi connectivity index (χ3n) is 3.59. The molecule has 1 nitrogen and oxygen atoms in total.